The summed E-state index contributed by atoms with van der Waals surface area (Å²) in [6.07, 6.45) is 3.46. The van der Waals surface area contributed by atoms with Gasteiger partial charge in [0, 0.05) is 13.1 Å². The van der Waals surface area contributed by atoms with Gasteiger partial charge in [0.25, 0.3) is 5.91 Å². The molecule has 0 saturated heterocycles. The Morgan fingerprint density at radius 1 is 1.67 bits per heavy atom. The summed E-state index contributed by atoms with van der Waals surface area (Å²) in [6, 6.07) is 3.39. The number of amides is 1. The van der Waals surface area contributed by atoms with Crippen LogP contribution in [0, 0.1) is 0 Å². The molecule has 0 saturated carbocycles. The Labute approximate surface area is 70.6 Å². The van der Waals surface area contributed by atoms with E-state index in [0.29, 0.717) is 10.6 Å². The fraction of sp³-hybridized carbons (Fsp3) is 0.250. The Hall–Kier alpha value is -1.42. The summed E-state index contributed by atoms with van der Waals surface area (Å²) < 4.78 is 1.75. The first-order valence-corrected chi connectivity index (χ1v) is 3.53. The average Bonchev–Trinajstić information content (AvgIpc) is 2.03. The predicted octanol–water partition coefficient (Wildman–Crippen LogP) is -0.0277. The molecule has 0 aliphatic heterocycles. The topological polar surface area (TPSA) is 44.4 Å². The molecule has 0 unspecified atom stereocenters. The molecule has 0 atom stereocenters. The molecule has 1 amide bonds. The predicted molar refractivity (Wildman–Crippen MR) is 41.5 cm³/mol. The van der Waals surface area contributed by atoms with E-state index in [2.05, 4.69) is 0 Å². The highest BCUT2D eigenvalue weighted by Crippen LogP contribution is 1.96. The van der Waals surface area contributed by atoms with E-state index in [-0.39, 0.29) is 0 Å². The van der Waals surface area contributed by atoms with Crippen LogP contribution in [0.25, 0.3) is 0 Å². The molecular weight excluding hydrogens is 156 g/mol. The average molecular weight is 167 g/mol. The van der Waals surface area contributed by atoms with Crippen LogP contribution in [-0.4, -0.2) is 23.2 Å². The summed E-state index contributed by atoms with van der Waals surface area (Å²) in [5.41, 5.74) is 0.463. The molecule has 0 fully saturated rings. The third kappa shape index (κ3) is 1.79. The normalized spacial score (nSPS) is 9.58. The lowest BCUT2D eigenvalue weighted by Gasteiger charge is -2.05. The van der Waals surface area contributed by atoms with Gasteiger partial charge in [-0.25, -0.2) is 9.63 Å². The van der Waals surface area contributed by atoms with Crippen LogP contribution in [-0.2, 0) is 7.05 Å². The van der Waals surface area contributed by atoms with Crippen molar-refractivity contribution >= 4 is 5.91 Å². The van der Waals surface area contributed by atoms with Gasteiger partial charge in [-0.15, -0.1) is 0 Å². The summed E-state index contributed by atoms with van der Waals surface area (Å²) in [4.78, 5) is 11.2. The Kier molecular flexibility index (Phi) is 2.40. The quantitative estimate of drug-likeness (QED) is 0.363. The van der Waals surface area contributed by atoms with Crippen molar-refractivity contribution in [2.45, 2.75) is 0 Å². The van der Waals surface area contributed by atoms with Crippen molar-refractivity contribution < 1.29 is 14.6 Å². The molecule has 4 nitrogen and oxygen atoms in total. The molecule has 1 N–H and O–H groups in total. The van der Waals surface area contributed by atoms with Gasteiger partial charge >= 0.3 is 0 Å². The fourth-order valence-corrected chi connectivity index (χ4v) is 0.901. The molecule has 0 spiro atoms. The summed E-state index contributed by atoms with van der Waals surface area (Å²) in [5.74, 6) is -0.411. The summed E-state index contributed by atoms with van der Waals surface area (Å²) in [6.45, 7) is 0. The number of hydrogen-bond donors (Lipinski definition) is 1. The Morgan fingerprint density at radius 2 is 2.33 bits per heavy atom. The molecule has 1 aromatic rings. The van der Waals surface area contributed by atoms with Gasteiger partial charge in [-0.05, 0) is 6.07 Å². The van der Waals surface area contributed by atoms with Crippen molar-refractivity contribution in [3.05, 3.63) is 30.1 Å². The van der Waals surface area contributed by atoms with E-state index < -0.39 is 5.91 Å². The van der Waals surface area contributed by atoms with E-state index in [4.69, 9.17) is 5.21 Å². The van der Waals surface area contributed by atoms with E-state index in [0.717, 1.165) is 0 Å². The fourth-order valence-electron chi connectivity index (χ4n) is 0.901. The smallest absolute Gasteiger partial charge is 0.283 e. The zero-order valence-corrected chi connectivity index (χ0v) is 7.06. The minimum absolute atomic E-state index is 0.411. The number of hydroxylamine groups is 2. The standard InChI is InChI=1S/C8H11N2O2/c1-9-5-3-4-7(6-9)8(11)10(2)12/h3-6,12H,1-2H3/q+1. The van der Waals surface area contributed by atoms with Crippen molar-refractivity contribution in [1.29, 1.82) is 0 Å². The summed E-state index contributed by atoms with van der Waals surface area (Å²) in [7, 11) is 3.11. The molecule has 1 aromatic heterocycles. The van der Waals surface area contributed by atoms with E-state index in [1.807, 2.05) is 13.2 Å². The lowest BCUT2D eigenvalue weighted by Crippen LogP contribution is -2.30. The number of carbonyl (C=O) groups is 1. The number of pyridine rings is 1. The van der Waals surface area contributed by atoms with Crippen LogP contribution in [0.4, 0.5) is 0 Å². The van der Waals surface area contributed by atoms with Crippen LogP contribution < -0.4 is 4.57 Å². The highest BCUT2D eigenvalue weighted by molar-refractivity contribution is 5.92. The molecule has 1 rings (SSSR count). The first-order chi connectivity index (χ1) is 5.61. The van der Waals surface area contributed by atoms with E-state index in [9.17, 15) is 4.79 Å². The first-order valence-electron chi connectivity index (χ1n) is 3.53. The van der Waals surface area contributed by atoms with Gasteiger partial charge in [-0.3, -0.25) is 10.0 Å². The largest absolute Gasteiger partial charge is 0.286 e. The van der Waals surface area contributed by atoms with Crippen molar-refractivity contribution in [2.24, 2.45) is 7.05 Å². The lowest BCUT2D eigenvalue weighted by atomic mass is 10.3. The second kappa shape index (κ2) is 3.32. The number of nitrogens with zero attached hydrogens (tertiary/aromatic N) is 2. The van der Waals surface area contributed by atoms with Gasteiger partial charge in [0.1, 0.15) is 12.6 Å². The highest BCUT2D eigenvalue weighted by Gasteiger charge is 2.11. The lowest BCUT2D eigenvalue weighted by molar-refractivity contribution is -0.671. The van der Waals surface area contributed by atoms with Crippen molar-refractivity contribution in [1.82, 2.24) is 5.06 Å². The summed E-state index contributed by atoms with van der Waals surface area (Å²) in [5, 5.41) is 9.40. The molecule has 0 aliphatic carbocycles. The molecule has 0 aliphatic rings. The van der Waals surface area contributed by atoms with Crippen LogP contribution in [0.15, 0.2) is 24.5 Å². The van der Waals surface area contributed by atoms with Gasteiger partial charge in [0.15, 0.2) is 12.4 Å². The molecular formula is C8H11N2O2+. The molecule has 0 radical (unpaired) electrons. The summed E-state index contributed by atoms with van der Waals surface area (Å²) >= 11 is 0. The minimum Gasteiger partial charge on any atom is -0.286 e. The third-order valence-corrected chi connectivity index (χ3v) is 1.48. The van der Waals surface area contributed by atoms with Crippen molar-refractivity contribution in [3.63, 3.8) is 0 Å². The Morgan fingerprint density at radius 3 is 2.83 bits per heavy atom. The highest BCUT2D eigenvalue weighted by atomic mass is 16.5. The maximum atomic E-state index is 11.2. The van der Waals surface area contributed by atoms with Gasteiger partial charge in [0.05, 0.1) is 0 Å². The zero-order valence-electron chi connectivity index (χ0n) is 7.06. The van der Waals surface area contributed by atoms with Gasteiger partial charge < -0.3 is 0 Å². The number of rotatable bonds is 1. The van der Waals surface area contributed by atoms with E-state index in [1.54, 1.807) is 22.9 Å². The van der Waals surface area contributed by atoms with Crippen LogP contribution in [0.2, 0.25) is 0 Å². The molecule has 64 valence electrons. The molecule has 0 aromatic carbocycles. The van der Waals surface area contributed by atoms with Crippen molar-refractivity contribution in [3.8, 4) is 0 Å². The maximum Gasteiger partial charge on any atom is 0.283 e. The molecule has 4 heteroatoms. The monoisotopic (exact) mass is 167 g/mol. The van der Waals surface area contributed by atoms with Crippen LogP contribution in [0.3, 0.4) is 0 Å². The van der Waals surface area contributed by atoms with Gasteiger partial charge in [-0.1, -0.05) is 0 Å². The van der Waals surface area contributed by atoms with E-state index in [1.165, 1.54) is 7.05 Å². The third-order valence-electron chi connectivity index (χ3n) is 1.48. The second-order valence-corrected chi connectivity index (χ2v) is 2.59. The second-order valence-electron chi connectivity index (χ2n) is 2.59. The number of hydrogen-bond acceptors (Lipinski definition) is 2. The van der Waals surface area contributed by atoms with E-state index >= 15 is 0 Å². The molecule has 12 heavy (non-hydrogen) atoms. The molecule has 0 bridgehead atoms. The molecule has 1 heterocycles. The van der Waals surface area contributed by atoms with Crippen LogP contribution >= 0.6 is 0 Å². The maximum absolute atomic E-state index is 11.2. The van der Waals surface area contributed by atoms with Crippen LogP contribution in [0.1, 0.15) is 10.4 Å². The number of aromatic nitrogens is 1. The van der Waals surface area contributed by atoms with Crippen molar-refractivity contribution in [2.75, 3.05) is 7.05 Å². The van der Waals surface area contributed by atoms with Crippen LogP contribution in [0.5, 0.6) is 0 Å². The Bertz CT molecular complexity index is 297. The van der Waals surface area contributed by atoms with Gasteiger partial charge in [-0.2, -0.15) is 0 Å². The number of aryl methyl sites for hydroxylation is 1. The zero-order chi connectivity index (χ0) is 9.14. The first kappa shape index (κ1) is 8.67. The number of carbonyl (C=O) groups excluding carboxylic acids is 1. The Balaban J connectivity index is 2.96. The van der Waals surface area contributed by atoms with Gasteiger partial charge in [0.2, 0.25) is 0 Å². The SMILES string of the molecule is CN(O)C(=O)c1ccc[n+](C)c1. The minimum atomic E-state index is -0.411.